The van der Waals surface area contributed by atoms with Crippen LogP contribution in [0.5, 0.6) is 0 Å². The summed E-state index contributed by atoms with van der Waals surface area (Å²) in [6, 6.07) is 0. The minimum atomic E-state index is -3.31. The standard InChI is InChI=1S/C11H22N2O3S2/c14-10-11-3-1-4-13(9-11)18(15,16)12-5-2-7-17-8-6-12/h11,14H,1-10H2. The summed E-state index contributed by atoms with van der Waals surface area (Å²) in [6.45, 7) is 2.41. The van der Waals surface area contributed by atoms with Crippen molar-refractivity contribution in [2.24, 2.45) is 5.92 Å². The molecule has 0 radical (unpaired) electrons. The zero-order valence-electron chi connectivity index (χ0n) is 10.6. The Morgan fingerprint density at radius 3 is 2.67 bits per heavy atom. The van der Waals surface area contributed by atoms with Gasteiger partial charge in [0.1, 0.15) is 0 Å². The molecule has 5 nitrogen and oxygen atoms in total. The predicted molar refractivity (Wildman–Crippen MR) is 73.8 cm³/mol. The number of rotatable bonds is 3. The minimum Gasteiger partial charge on any atom is -0.396 e. The molecule has 2 rings (SSSR count). The maximum Gasteiger partial charge on any atom is 0.282 e. The van der Waals surface area contributed by atoms with Crippen molar-refractivity contribution in [3.63, 3.8) is 0 Å². The van der Waals surface area contributed by atoms with Gasteiger partial charge in [0.25, 0.3) is 10.2 Å². The molecule has 1 atom stereocenters. The molecule has 0 aliphatic carbocycles. The summed E-state index contributed by atoms with van der Waals surface area (Å²) < 4.78 is 28.2. The molecule has 7 heteroatoms. The third-order valence-electron chi connectivity index (χ3n) is 3.57. The number of aliphatic hydroxyl groups excluding tert-OH is 1. The molecule has 1 unspecified atom stereocenters. The summed E-state index contributed by atoms with van der Waals surface area (Å²) in [5.41, 5.74) is 0. The second-order valence-electron chi connectivity index (χ2n) is 4.92. The Labute approximate surface area is 114 Å². The number of hydrogen-bond donors (Lipinski definition) is 1. The van der Waals surface area contributed by atoms with Gasteiger partial charge in [-0.25, -0.2) is 0 Å². The van der Waals surface area contributed by atoms with Gasteiger partial charge in [0.15, 0.2) is 0 Å². The Hall–Kier alpha value is 0.180. The lowest BCUT2D eigenvalue weighted by Gasteiger charge is -2.34. The van der Waals surface area contributed by atoms with Crippen molar-refractivity contribution in [2.45, 2.75) is 19.3 Å². The van der Waals surface area contributed by atoms with Gasteiger partial charge in [0.05, 0.1) is 0 Å². The van der Waals surface area contributed by atoms with E-state index in [4.69, 9.17) is 0 Å². The molecule has 0 amide bonds. The number of piperidine rings is 1. The van der Waals surface area contributed by atoms with Crippen LogP contribution in [-0.4, -0.2) is 66.4 Å². The van der Waals surface area contributed by atoms with Gasteiger partial charge in [-0.05, 0) is 30.9 Å². The largest absolute Gasteiger partial charge is 0.396 e. The Balaban J connectivity index is 2.04. The van der Waals surface area contributed by atoms with E-state index in [9.17, 15) is 13.5 Å². The molecule has 106 valence electrons. The van der Waals surface area contributed by atoms with E-state index in [0.717, 1.165) is 30.8 Å². The van der Waals surface area contributed by atoms with Gasteiger partial charge in [0.2, 0.25) is 0 Å². The highest BCUT2D eigenvalue weighted by atomic mass is 32.2. The average molecular weight is 294 g/mol. The van der Waals surface area contributed by atoms with E-state index >= 15 is 0 Å². The highest BCUT2D eigenvalue weighted by Gasteiger charge is 2.33. The van der Waals surface area contributed by atoms with E-state index in [1.807, 2.05) is 11.8 Å². The van der Waals surface area contributed by atoms with Gasteiger partial charge < -0.3 is 5.11 Å². The maximum atomic E-state index is 12.5. The summed E-state index contributed by atoms with van der Waals surface area (Å²) in [4.78, 5) is 0. The van der Waals surface area contributed by atoms with E-state index in [1.54, 1.807) is 8.61 Å². The SMILES string of the molecule is O=S(=O)(N1CCCSCC1)N1CCCC(CO)C1. The summed E-state index contributed by atoms with van der Waals surface area (Å²) in [5, 5.41) is 9.19. The first kappa shape index (κ1) is 14.6. The average Bonchev–Trinajstić information content (AvgIpc) is 2.68. The second-order valence-corrected chi connectivity index (χ2v) is 8.07. The highest BCUT2D eigenvalue weighted by molar-refractivity contribution is 7.99. The molecule has 2 fully saturated rings. The van der Waals surface area contributed by atoms with Crippen LogP contribution in [0, 0.1) is 5.92 Å². The molecule has 2 aliphatic rings. The molecule has 0 saturated carbocycles. The lowest BCUT2D eigenvalue weighted by molar-refractivity contribution is 0.161. The van der Waals surface area contributed by atoms with Crippen molar-refractivity contribution >= 4 is 22.0 Å². The first-order chi connectivity index (χ1) is 8.64. The third-order valence-corrected chi connectivity index (χ3v) is 6.62. The van der Waals surface area contributed by atoms with Crippen LogP contribution in [-0.2, 0) is 10.2 Å². The van der Waals surface area contributed by atoms with E-state index in [1.165, 1.54) is 0 Å². The van der Waals surface area contributed by atoms with Crippen molar-refractivity contribution in [1.29, 1.82) is 0 Å². The normalized spacial score (nSPS) is 29.1. The monoisotopic (exact) mass is 294 g/mol. The fourth-order valence-electron chi connectivity index (χ4n) is 2.50. The molecule has 2 heterocycles. The molecule has 1 N–H and O–H groups in total. The van der Waals surface area contributed by atoms with Crippen molar-refractivity contribution in [3.8, 4) is 0 Å². The van der Waals surface area contributed by atoms with Crippen LogP contribution >= 0.6 is 11.8 Å². The molecular weight excluding hydrogens is 272 g/mol. The van der Waals surface area contributed by atoms with E-state index in [0.29, 0.717) is 26.2 Å². The van der Waals surface area contributed by atoms with E-state index < -0.39 is 10.2 Å². The number of hydrogen-bond acceptors (Lipinski definition) is 4. The molecule has 0 aromatic heterocycles. The molecule has 0 bridgehead atoms. The first-order valence-corrected chi connectivity index (χ1v) is 9.13. The van der Waals surface area contributed by atoms with Gasteiger partial charge in [-0.2, -0.15) is 28.8 Å². The number of aliphatic hydroxyl groups is 1. The Morgan fingerprint density at radius 2 is 1.89 bits per heavy atom. The molecule has 18 heavy (non-hydrogen) atoms. The zero-order chi connectivity index (χ0) is 13.0. The molecule has 0 aromatic carbocycles. The highest BCUT2D eigenvalue weighted by Crippen LogP contribution is 2.22. The Kier molecular flexibility index (Phi) is 5.32. The fraction of sp³-hybridized carbons (Fsp3) is 1.00. The third kappa shape index (κ3) is 3.39. The van der Waals surface area contributed by atoms with Crippen LogP contribution < -0.4 is 0 Å². The van der Waals surface area contributed by atoms with Crippen molar-refractivity contribution in [1.82, 2.24) is 8.61 Å². The van der Waals surface area contributed by atoms with Crippen molar-refractivity contribution in [2.75, 3.05) is 44.3 Å². The summed E-state index contributed by atoms with van der Waals surface area (Å²) >= 11 is 1.82. The predicted octanol–water partition coefficient (Wildman–Crippen LogP) is 0.374. The second kappa shape index (κ2) is 6.56. The van der Waals surface area contributed by atoms with Crippen LogP contribution in [0.4, 0.5) is 0 Å². The fourth-order valence-corrected chi connectivity index (χ4v) is 5.27. The molecule has 0 aromatic rings. The summed E-state index contributed by atoms with van der Waals surface area (Å²) in [6.07, 6.45) is 2.71. The van der Waals surface area contributed by atoms with Gasteiger partial charge in [-0.15, -0.1) is 0 Å². The van der Waals surface area contributed by atoms with Crippen LogP contribution in [0.3, 0.4) is 0 Å². The maximum absolute atomic E-state index is 12.5. The van der Waals surface area contributed by atoms with Crippen molar-refractivity contribution < 1.29 is 13.5 Å². The lowest BCUT2D eigenvalue weighted by Crippen LogP contribution is -2.49. The molecule has 2 aliphatic heterocycles. The summed E-state index contributed by atoms with van der Waals surface area (Å²) in [7, 11) is -3.31. The van der Waals surface area contributed by atoms with E-state index in [-0.39, 0.29) is 12.5 Å². The zero-order valence-corrected chi connectivity index (χ0v) is 12.3. The topological polar surface area (TPSA) is 60.9 Å². The Morgan fingerprint density at radius 1 is 1.11 bits per heavy atom. The van der Waals surface area contributed by atoms with Crippen molar-refractivity contribution in [3.05, 3.63) is 0 Å². The van der Waals surface area contributed by atoms with Gasteiger partial charge >= 0.3 is 0 Å². The van der Waals surface area contributed by atoms with Crippen LogP contribution in [0.1, 0.15) is 19.3 Å². The van der Waals surface area contributed by atoms with Crippen LogP contribution in [0.2, 0.25) is 0 Å². The van der Waals surface area contributed by atoms with Gasteiger partial charge in [0, 0.05) is 38.5 Å². The van der Waals surface area contributed by atoms with E-state index in [2.05, 4.69) is 0 Å². The molecule has 0 spiro atoms. The number of thioether (sulfide) groups is 1. The lowest BCUT2D eigenvalue weighted by atomic mass is 10.0. The quantitative estimate of drug-likeness (QED) is 0.817. The van der Waals surface area contributed by atoms with Gasteiger partial charge in [-0.3, -0.25) is 0 Å². The number of nitrogens with zero attached hydrogens (tertiary/aromatic N) is 2. The first-order valence-electron chi connectivity index (χ1n) is 6.58. The minimum absolute atomic E-state index is 0.0852. The van der Waals surface area contributed by atoms with Gasteiger partial charge in [-0.1, -0.05) is 0 Å². The molecule has 2 saturated heterocycles. The van der Waals surface area contributed by atoms with Crippen LogP contribution in [0.25, 0.3) is 0 Å². The smallest absolute Gasteiger partial charge is 0.282 e. The van der Waals surface area contributed by atoms with Crippen LogP contribution in [0.15, 0.2) is 0 Å². The summed E-state index contributed by atoms with van der Waals surface area (Å²) in [5.74, 6) is 2.04. The Bertz CT molecular complexity index is 353. The molecular formula is C11H22N2O3S2.